The fraction of sp³-hybridized carbons (Fsp3) is 0.231. The first-order valence-corrected chi connectivity index (χ1v) is 5.36. The standard InChI is InChI=1S/C13H14N2O2/c1-10(16)12-4-3-6-14-13(12)15(2)8-11-5-7-17-9-11/h3-7,9H,8H2,1-2H3. The topological polar surface area (TPSA) is 46.3 Å². The summed E-state index contributed by atoms with van der Waals surface area (Å²) in [6.45, 7) is 2.21. The molecule has 0 aliphatic heterocycles. The number of aromatic nitrogens is 1. The molecule has 0 spiro atoms. The summed E-state index contributed by atoms with van der Waals surface area (Å²) in [6.07, 6.45) is 5.01. The van der Waals surface area contributed by atoms with Crippen LogP contribution < -0.4 is 4.90 Å². The van der Waals surface area contributed by atoms with E-state index in [1.165, 1.54) is 0 Å². The van der Waals surface area contributed by atoms with Crippen LogP contribution in [0.5, 0.6) is 0 Å². The highest BCUT2D eigenvalue weighted by Gasteiger charge is 2.12. The van der Waals surface area contributed by atoms with Crippen LogP contribution >= 0.6 is 0 Å². The van der Waals surface area contributed by atoms with E-state index in [-0.39, 0.29) is 5.78 Å². The third-order valence-corrected chi connectivity index (χ3v) is 2.53. The van der Waals surface area contributed by atoms with Crippen LogP contribution in [0.15, 0.2) is 41.3 Å². The zero-order valence-electron chi connectivity index (χ0n) is 9.88. The van der Waals surface area contributed by atoms with Crippen molar-refractivity contribution in [2.24, 2.45) is 0 Å². The van der Waals surface area contributed by atoms with Crippen molar-refractivity contribution >= 4 is 11.6 Å². The van der Waals surface area contributed by atoms with Gasteiger partial charge in [-0.1, -0.05) is 0 Å². The molecule has 0 amide bonds. The molecule has 17 heavy (non-hydrogen) atoms. The van der Waals surface area contributed by atoms with Crippen molar-refractivity contribution < 1.29 is 9.21 Å². The van der Waals surface area contributed by atoms with Gasteiger partial charge in [-0.25, -0.2) is 4.98 Å². The Bertz CT molecular complexity index is 506. The van der Waals surface area contributed by atoms with Gasteiger partial charge in [0.2, 0.25) is 0 Å². The fourth-order valence-electron chi connectivity index (χ4n) is 1.71. The lowest BCUT2D eigenvalue weighted by atomic mass is 10.1. The second-order valence-corrected chi connectivity index (χ2v) is 3.92. The second kappa shape index (κ2) is 4.82. The molecular weight excluding hydrogens is 216 g/mol. The van der Waals surface area contributed by atoms with E-state index in [0.717, 1.165) is 5.56 Å². The summed E-state index contributed by atoms with van der Waals surface area (Å²) in [7, 11) is 1.90. The van der Waals surface area contributed by atoms with Crippen molar-refractivity contribution in [3.63, 3.8) is 0 Å². The first-order valence-electron chi connectivity index (χ1n) is 5.36. The molecule has 0 bridgehead atoms. The smallest absolute Gasteiger partial charge is 0.163 e. The minimum atomic E-state index is 0.0205. The zero-order chi connectivity index (χ0) is 12.3. The molecule has 0 radical (unpaired) electrons. The monoisotopic (exact) mass is 230 g/mol. The summed E-state index contributed by atoms with van der Waals surface area (Å²) in [6, 6.07) is 5.45. The molecule has 2 aromatic rings. The average Bonchev–Trinajstić information content (AvgIpc) is 2.81. The second-order valence-electron chi connectivity index (χ2n) is 3.92. The van der Waals surface area contributed by atoms with Gasteiger partial charge in [-0.2, -0.15) is 0 Å². The van der Waals surface area contributed by atoms with Crippen molar-refractivity contribution in [3.05, 3.63) is 48.0 Å². The van der Waals surface area contributed by atoms with E-state index in [1.807, 2.05) is 18.0 Å². The van der Waals surface area contributed by atoms with Crippen LogP contribution in [0.4, 0.5) is 5.82 Å². The highest BCUT2D eigenvalue weighted by Crippen LogP contribution is 2.18. The molecule has 0 saturated carbocycles. The number of ketones is 1. The maximum absolute atomic E-state index is 11.5. The normalized spacial score (nSPS) is 10.2. The molecule has 0 saturated heterocycles. The number of carbonyl (C=O) groups is 1. The van der Waals surface area contributed by atoms with Gasteiger partial charge in [0.1, 0.15) is 5.82 Å². The van der Waals surface area contributed by atoms with Crippen LogP contribution in [-0.4, -0.2) is 17.8 Å². The third-order valence-electron chi connectivity index (χ3n) is 2.53. The molecule has 2 heterocycles. The van der Waals surface area contributed by atoms with Crippen LogP contribution in [0.25, 0.3) is 0 Å². The molecule has 0 aliphatic carbocycles. The lowest BCUT2D eigenvalue weighted by Gasteiger charge is -2.19. The number of nitrogens with zero attached hydrogens (tertiary/aromatic N) is 2. The number of furan rings is 1. The van der Waals surface area contributed by atoms with E-state index < -0.39 is 0 Å². The van der Waals surface area contributed by atoms with Gasteiger partial charge >= 0.3 is 0 Å². The van der Waals surface area contributed by atoms with Crippen LogP contribution in [0.1, 0.15) is 22.8 Å². The summed E-state index contributed by atoms with van der Waals surface area (Å²) >= 11 is 0. The molecule has 0 unspecified atom stereocenters. The first kappa shape index (κ1) is 11.4. The number of rotatable bonds is 4. The van der Waals surface area contributed by atoms with Gasteiger partial charge in [0.05, 0.1) is 18.1 Å². The highest BCUT2D eigenvalue weighted by molar-refractivity contribution is 5.98. The summed E-state index contributed by atoms with van der Waals surface area (Å²) in [4.78, 5) is 17.7. The maximum Gasteiger partial charge on any atom is 0.163 e. The van der Waals surface area contributed by atoms with Gasteiger partial charge in [0, 0.05) is 25.4 Å². The average molecular weight is 230 g/mol. The maximum atomic E-state index is 11.5. The highest BCUT2D eigenvalue weighted by atomic mass is 16.3. The predicted octanol–water partition coefficient (Wildman–Crippen LogP) is 2.51. The molecule has 2 aromatic heterocycles. The molecule has 0 aliphatic rings. The number of anilines is 1. The molecule has 2 rings (SSSR count). The SMILES string of the molecule is CC(=O)c1cccnc1N(C)Cc1ccoc1. The minimum Gasteiger partial charge on any atom is -0.472 e. The Kier molecular flexibility index (Phi) is 3.23. The fourth-order valence-corrected chi connectivity index (χ4v) is 1.71. The molecule has 88 valence electrons. The number of carbonyl (C=O) groups excluding carboxylic acids is 1. The predicted molar refractivity (Wildman–Crippen MR) is 65.1 cm³/mol. The van der Waals surface area contributed by atoms with Crippen molar-refractivity contribution in [2.75, 3.05) is 11.9 Å². The summed E-state index contributed by atoms with van der Waals surface area (Å²) in [5.41, 5.74) is 1.69. The van der Waals surface area contributed by atoms with Gasteiger partial charge in [-0.15, -0.1) is 0 Å². The van der Waals surface area contributed by atoms with Gasteiger partial charge in [0.25, 0.3) is 0 Å². The van der Waals surface area contributed by atoms with E-state index in [9.17, 15) is 4.79 Å². The summed E-state index contributed by atoms with van der Waals surface area (Å²) in [5.74, 6) is 0.716. The lowest BCUT2D eigenvalue weighted by molar-refractivity contribution is 0.101. The molecule has 4 heteroatoms. The van der Waals surface area contributed by atoms with E-state index in [2.05, 4.69) is 4.98 Å². The van der Waals surface area contributed by atoms with Crippen LogP contribution in [0.3, 0.4) is 0 Å². The van der Waals surface area contributed by atoms with Gasteiger partial charge in [-0.3, -0.25) is 4.79 Å². The summed E-state index contributed by atoms with van der Waals surface area (Å²) < 4.78 is 5.01. The number of hydrogen-bond acceptors (Lipinski definition) is 4. The number of Topliss-reactive ketones (excluding diaryl/α,β-unsaturated/α-hetero) is 1. The molecule has 0 N–H and O–H groups in total. The Morgan fingerprint density at radius 1 is 1.47 bits per heavy atom. The lowest BCUT2D eigenvalue weighted by Crippen LogP contribution is -2.19. The number of hydrogen-bond donors (Lipinski definition) is 0. The van der Waals surface area contributed by atoms with E-state index >= 15 is 0 Å². The van der Waals surface area contributed by atoms with E-state index in [0.29, 0.717) is 17.9 Å². The molecule has 0 fully saturated rings. The van der Waals surface area contributed by atoms with Crippen molar-refractivity contribution in [3.8, 4) is 0 Å². The minimum absolute atomic E-state index is 0.0205. The first-order chi connectivity index (χ1) is 8.18. The molecule has 0 atom stereocenters. The molecular formula is C13H14N2O2. The van der Waals surface area contributed by atoms with E-state index in [1.54, 1.807) is 37.8 Å². The Balaban J connectivity index is 2.24. The van der Waals surface area contributed by atoms with Crippen LogP contribution in [-0.2, 0) is 6.54 Å². The zero-order valence-corrected chi connectivity index (χ0v) is 9.88. The van der Waals surface area contributed by atoms with Crippen molar-refractivity contribution in [1.29, 1.82) is 0 Å². The van der Waals surface area contributed by atoms with E-state index in [4.69, 9.17) is 4.42 Å². The summed E-state index contributed by atoms with van der Waals surface area (Å²) in [5, 5.41) is 0. The largest absolute Gasteiger partial charge is 0.472 e. The van der Waals surface area contributed by atoms with Crippen LogP contribution in [0, 0.1) is 0 Å². The quantitative estimate of drug-likeness (QED) is 0.757. The van der Waals surface area contributed by atoms with Gasteiger partial charge in [-0.05, 0) is 25.1 Å². The molecule has 4 nitrogen and oxygen atoms in total. The van der Waals surface area contributed by atoms with Crippen LogP contribution in [0.2, 0.25) is 0 Å². The van der Waals surface area contributed by atoms with Crippen molar-refractivity contribution in [1.82, 2.24) is 4.98 Å². The van der Waals surface area contributed by atoms with Gasteiger partial charge in [0.15, 0.2) is 5.78 Å². The Morgan fingerprint density at radius 2 is 2.29 bits per heavy atom. The molecule has 0 aromatic carbocycles. The third kappa shape index (κ3) is 2.53. The Hall–Kier alpha value is -2.10. The Labute approximate surface area is 99.9 Å². The Morgan fingerprint density at radius 3 is 2.94 bits per heavy atom. The van der Waals surface area contributed by atoms with Gasteiger partial charge < -0.3 is 9.32 Å². The van der Waals surface area contributed by atoms with Crippen molar-refractivity contribution in [2.45, 2.75) is 13.5 Å². The number of pyridine rings is 1.